The molecule has 2 aliphatic rings. The van der Waals surface area contributed by atoms with E-state index >= 15 is 0 Å². The van der Waals surface area contributed by atoms with Crippen LogP contribution in [-0.2, 0) is 6.54 Å². The Hall–Kier alpha value is -3.29. The number of ether oxygens (including phenoxy) is 4. The monoisotopic (exact) mass is 399 g/mol. The Labute approximate surface area is 169 Å². The van der Waals surface area contributed by atoms with Crippen molar-refractivity contribution >= 4 is 11.7 Å². The minimum absolute atomic E-state index is 0.0657. The number of piperazine rings is 1. The number of anilines is 1. The summed E-state index contributed by atoms with van der Waals surface area (Å²) in [5, 5.41) is 2.98. The first-order valence-corrected chi connectivity index (χ1v) is 9.56. The van der Waals surface area contributed by atoms with Crippen molar-refractivity contribution in [3.05, 3.63) is 42.0 Å². The minimum Gasteiger partial charge on any atom is -0.497 e. The van der Waals surface area contributed by atoms with Gasteiger partial charge in [0.05, 0.1) is 19.9 Å². The number of nitrogens with zero attached hydrogens (tertiary/aromatic N) is 2. The Balaban J connectivity index is 1.31. The Morgan fingerprint density at radius 2 is 1.79 bits per heavy atom. The number of carbonyl (C=O) groups is 1. The Morgan fingerprint density at radius 1 is 1.00 bits per heavy atom. The molecule has 2 heterocycles. The predicted molar refractivity (Wildman–Crippen MR) is 108 cm³/mol. The summed E-state index contributed by atoms with van der Waals surface area (Å²) < 4.78 is 21.5. The van der Waals surface area contributed by atoms with Crippen LogP contribution < -0.4 is 29.2 Å². The summed E-state index contributed by atoms with van der Waals surface area (Å²) in [6.07, 6.45) is 0. The average molecular weight is 399 g/mol. The standard InChI is InChI=1S/C21H25N3O5/c1-26-16-4-5-17(19(12-16)27-2)23-7-9-24(10-8-23)21(25)22-13-15-3-6-18-20(11-15)29-14-28-18/h3-6,11-12H,7-10,13-14H2,1-2H3,(H,22,25). The molecule has 29 heavy (non-hydrogen) atoms. The van der Waals surface area contributed by atoms with Crippen LogP contribution in [0, 0.1) is 0 Å². The molecule has 0 unspecified atom stereocenters. The van der Waals surface area contributed by atoms with Crippen LogP contribution >= 0.6 is 0 Å². The Bertz CT molecular complexity index is 881. The number of urea groups is 1. The normalized spacial score (nSPS) is 15.2. The van der Waals surface area contributed by atoms with Crippen molar-refractivity contribution in [2.75, 3.05) is 52.1 Å². The molecule has 0 spiro atoms. The van der Waals surface area contributed by atoms with Crippen LogP contribution in [0.15, 0.2) is 36.4 Å². The smallest absolute Gasteiger partial charge is 0.317 e. The van der Waals surface area contributed by atoms with Crippen LogP contribution in [-0.4, -0.2) is 58.1 Å². The SMILES string of the molecule is COc1ccc(N2CCN(C(=O)NCc3ccc4c(c3)OCO4)CC2)c(OC)c1. The van der Waals surface area contributed by atoms with Crippen molar-refractivity contribution in [3.8, 4) is 23.0 Å². The summed E-state index contributed by atoms with van der Waals surface area (Å²) in [6, 6.07) is 11.4. The van der Waals surface area contributed by atoms with Crippen LogP contribution in [0.5, 0.6) is 23.0 Å². The first kappa shape index (κ1) is 19.0. The van der Waals surface area contributed by atoms with E-state index in [0.29, 0.717) is 19.6 Å². The van der Waals surface area contributed by atoms with Gasteiger partial charge in [0.2, 0.25) is 6.79 Å². The molecule has 2 aromatic carbocycles. The topological polar surface area (TPSA) is 72.5 Å². The molecular formula is C21H25N3O5. The number of fused-ring (bicyclic) bond motifs is 1. The number of benzene rings is 2. The molecule has 0 atom stereocenters. The van der Waals surface area contributed by atoms with E-state index in [1.807, 2.05) is 41.3 Å². The van der Waals surface area contributed by atoms with Gasteiger partial charge in [-0.25, -0.2) is 4.79 Å². The van der Waals surface area contributed by atoms with Gasteiger partial charge >= 0.3 is 6.03 Å². The van der Waals surface area contributed by atoms with E-state index in [9.17, 15) is 4.79 Å². The molecule has 0 aromatic heterocycles. The second kappa shape index (κ2) is 8.38. The number of hydrogen-bond donors (Lipinski definition) is 1. The Kier molecular flexibility index (Phi) is 5.50. The van der Waals surface area contributed by atoms with Crippen LogP contribution in [0.3, 0.4) is 0 Å². The molecule has 2 aromatic rings. The molecule has 1 N–H and O–H groups in total. The van der Waals surface area contributed by atoms with E-state index in [1.165, 1.54) is 0 Å². The summed E-state index contributed by atoms with van der Waals surface area (Å²) in [5.74, 6) is 2.99. The van der Waals surface area contributed by atoms with E-state index in [1.54, 1.807) is 14.2 Å². The van der Waals surface area contributed by atoms with Crippen LogP contribution in [0.4, 0.5) is 10.5 Å². The van der Waals surface area contributed by atoms with Gasteiger partial charge < -0.3 is 34.1 Å². The van der Waals surface area contributed by atoms with Gasteiger partial charge in [0, 0.05) is 38.8 Å². The van der Waals surface area contributed by atoms with Crippen molar-refractivity contribution < 1.29 is 23.7 Å². The third-order valence-electron chi connectivity index (χ3n) is 5.18. The number of carbonyl (C=O) groups excluding carboxylic acids is 1. The zero-order chi connectivity index (χ0) is 20.2. The van der Waals surface area contributed by atoms with E-state index < -0.39 is 0 Å². The lowest BCUT2D eigenvalue weighted by molar-refractivity contribution is 0.174. The molecule has 2 aliphatic heterocycles. The molecular weight excluding hydrogens is 374 g/mol. The molecule has 1 fully saturated rings. The van der Waals surface area contributed by atoms with Gasteiger partial charge in [-0.3, -0.25) is 0 Å². The molecule has 0 radical (unpaired) electrons. The van der Waals surface area contributed by atoms with Crippen molar-refractivity contribution in [2.45, 2.75) is 6.54 Å². The van der Waals surface area contributed by atoms with E-state index in [2.05, 4.69) is 10.2 Å². The highest BCUT2D eigenvalue weighted by atomic mass is 16.7. The summed E-state index contributed by atoms with van der Waals surface area (Å²) in [5.41, 5.74) is 1.98. The van der Waals surface area contributed by atoms with Gasteiger partial charge in [-0.1, -0.05) is 6.07 Å². The molecule has 0 aliphatic carbocycles. The van der Waals surface area contributed by atoms with Gasteiger partial charge in [0.25, 0.3) is 0 Å². The summed E-state index contributed by atoms with van der Waals surface area (Å²) >= 11 is 0. The molecule has 1 saturated heterocycles. The van der Waals surface area contributed by atoms with Crippen molar-refractivity contribution in [1.82, 2.24) is 10.2 Å². The predicted octanol–water partition coefficient (Wildman–Crippen LogP) is 2.46. The van der Waals surface area contributed by atoms with Crippen LogP contribution in [0.2, 0.25) is 0 Å². The van der Waals surface area contributed by atoms with Gasteiger partial charge in [0.1, 0.15) is 11.5 Å². The number of amides is 2. The van der Waals surface area contributed by atoms with Gasteiger partial charge in [-0.05, 0) is 29.8 Å². The minimum atomic E-state index is -0.0657. The van der Waals surface area contributed by atoms with Crippen LogP contribution in [0.25, 0.3) is 0 Å². The second-order valence-electron chi connectivity index (χ2n) is 6.86. The van der Waals surface area contributed by atoms with E-state index in [4.69, 9.17) is 18.9 Å². The molecule has 8 heteroatoms. The molecule has 4 rings (SSSR count). The Morgan fingerprint density at radius 3 is 2.55 bits per heavy atom. The fraction of sp³-hybridized carbons (Fsp3) is 0.381. The summed E-state index contributed by atoms with van der Waals surface area (Å²) in [7, 11) is 3.29. The maximum atomic E-state index is 12.6. The second-order valence-corrected chi connectivity index (χ2v) is 6.86. The molecule has 2 amide bonds. The highest BCUT2D eigenvalue weighted by Crippen LogP contribution is 2.33. The highest BCUT2D eigenvalue weighted by molar-refractivity contribution is 5.74. The molecule has 0 saturated carbocycles. The lowest BCUT2D eigenvalue weighted by Gasteiger charge is -2.36. The number of methoxy groups -OCH3 is 2. The van der Waals surface area contributed by atoms with Crippen LogP contribution in [0.1, 0.15) is 5.56 Å². The first-order chi connectivity index (χ1) is 14.2. The quantitative estimate of drug-likeness (QED) is 0.833. The number of rotatable bonds is 5. The fourth-order valence-corrected chi connectivity index (χ4v) is 3.54. The third-order valence-corrected chi connectivity index (χ3v) is 5.18. The fourth-order valence-electron chi connectivity index (χ4n) is 3.54. The zero-order valence-electron chi connectivity index (χ0n) is 16.6. The lowest BCUT2D eigenvalue weighted by Crippen LogP contribution is -2.51. The van der Waals surface area contributed by atoms with Crippen molar-refractivity contribution in [2.24, 2.45) is 0 Å². The van der Waals surface area contributed by atoms with E-state index in [0.717, 1.165) is 47.3 Å². The lowest BCUT2D eigenvalue weighted by atomic mass is 10.2. The third kappa shape index (κ3) is 4.11. The summed E-state index contributed by atoms with van der Waals surface area (Å²) in [4.78, 5) is 16.6. The largest absolute Gasteiger partial charge is 0.497 e. The maximum absolute atomic E-state index is 12.6. The molecule has 0 bridgehead atoms. The molecule has 154 valence electrons. The van der Waals surface area contributed by atoms with E-state index in [-0.39, 0.29) is 12.8 Å². The number of nitrogens with one attached hydrogen (secondary N) is 1. The summed E-state index contributed by atoms with van der Waals surface area (Å²) in [6.45, 7) is 3.45. The first-order valence-electron chi connectivity index (χ1n) is 9.56. The van der Waals surface area contributed by atoms with Gasteiger partial charge in [-0.15, -0.1) is 0 Å². The zero-order valence-corrected chi connectivity index (χ0v) is 16.6. The van der Waals surface area contributed by atoms with Crippen molar-refractivity contribution in [3.63, 3.8) is 0 Å². The highest BCUT2D eigenvalue weighted by Gasteiger charge is 2.23. The van der Waals surface area contributed by atoms with Gasteiger partial charge in [-0.2, -0.15) is 0 Å². The average Bonchev–Trinajstić information content (AvgIpc) is 3.25. The number of hydrogen-bond acceptors (Lipinski definition) is 6. The molecule has 8 nitrogen and oxygen atoms in total. The van der Waals surface area contributed by atoms with Crippen molar-refractivity contribution in [1.29, 1.82) is 0 Å². The maximum Gasteiger partial charge on any atom is 0.317 e. The van der Waals surface area contributed by atoms with Gasteiger partial charge in [0.15, 0.2) is 11.5 Å².